The minimum Gasteiger partial charge on any atom is -0.353 e. The summed E-state index contributed by atoms with van der Waals surface area (Å²) in [6.07, 6.45) is 7.78. The molecule has 1 aliphatic rings. The number of aryl methyl sites for hydroxylation is 1. The largest absolute Gasteiger partial charge is 0.353 e. The number of hydrogen-bond acceptors (Lipinski definition) is 2. The average Bonchev–Trinajstić information content (AvgIpc) is 3.12. The lowest BCUT2D eigenvalue weighted by Crippen LogP contribution is -2.37. The van der Waals surface area contributed by atoms with Crippen molar-refractivity contribution in [1.82, 2.24) is 14.7 Å². The summed E-state index contributed by atoms with van der Waals surface area (Å²) in [5.74, 6) is -0.527. The van der Waals surface area contributed by atoms with E-state index in [1.807, 2.05) is 37.4 Å². The third-order valence-electron chi connectivity index (χ3n) is 5.72. The zero-order valence-electron chi connectivity index (χ0n) is 16.2. The van der Waals surface area contributed by atoms with E-state index in [1.165, 1.54) is 31.4 Å². The summed E-state index contributed by atoms with van der Waals surface area (Å²) < 4.78 is 16.0. The molecule has 2 aromatic heterocycles. The van der Waals surface area contributed by atoms with Gasteiger partial charge < -0.3 is 9.72 Å². The van der Waals surface area contributed by atoms with E-state index in [0.717, 1.165) is 35.4 Å². The van der Waals surface area contributed by atoms with Gasteiger partial charge in [-0.2, -0.15) is 0 Å². The van der Waals surface area contributed by atoms with Gasteiger partial charge in [0.25, 0.3) is 0 Å². The Morgan fingerprint density at radius 1 is 1.21 bits per heavy atom. The summed E-state index contributed by atoms with van der Waals surface area (Å²) >= 11 is 0. The molecule has 5 heteroatoms. The normalized spacial score (nSPS) is 16.2. The summed E-state index contributed by atoms with van der Waals surface area (Å²) in [5.41, 5.74) is 3.59. The van der Waals surface area contributed by atoms with Crippen LogP contribution in [-0.4, -0.2) is 21.3 Å². The Morgan fingerprint density at radius 3 is 2.79 bits per heavy atom. The zero-order chi connectivity index (χ0) is 19.5. The maximum absolute atomic E-state index is 13.9. The van der Waals surface area contributed by atoms with Crippen LogP contribution in [0.1, 0.15) is 61.4 Å². The maximum atomic E-state index is 13.9. The number of carbonyl (C=O) groups excluding carboxylic acids is 1. The SMILES string of the molecule is Cc1cccc2ncc(C(CC(=O)NC3CCCCC3)c3cccc(F)c3)n12. The van der Waals surface area contributed by atoms with E-state index in [4.69, 9.17) is 0 Å². The number of hydrogen-bond donors (Lipinski definition) is 1. The quantitative estimate of drug-likeness (QED) is 0.695. The zero-order valence-corrected chi connectivity index (χ0v) is 16.2. The Morgan fingerprint density at radius 2 is 2.00 bits per heavy atom. The number of pyridine rings is 1. The van der Waals surface area contributed by atoms with Crippen molar-refractivity contribution >= 4 is 11.6 Å². The Labute approximate surface area is 164 Å². The molecule has 0 bridgehead atoms. The fraction of sp³-hybridized carbons (Fsp3) is 0.391. The first-order valence-electron chi connectivity index (χ1n) is 10.1. The Balaban J connectivity index is 1.67. The van der Waals surface area contributed by atoms with E-state index in [-0.39, 0.29) is 30.1 Å². The molecule has 1 unspecified atom stereocenters. The molecule has 0 radical (unpaired) electrons. The van der Waals surface area contributed by atoms with Crippen molar-refractivity contribution in [1.29, 1.82) is 0 Å². The second-order valence-corrected chi connectivity index (χ2v) is 7.76. The highest BCUT2D eigenvalue weighted by molar-refractivity contribution is 5.78. The molecule has 2 heterocycles. The molecule has 4 rings (SSSR count). The van der Waals surface area contributed by atoms with Crippen LogP contribution in [0, 0.1) is 12.7 Å². The molecular formula is C23H26FN3O. The van der Waals surface area contributed by atoms with E-state index < -0.39 is 0 Å². The molecule has 1 saturated carbocycles. The Bertz CT molecular complexity index is 975. The van der Waals surface area contributed by atoms with Crippen LogP contribution in [0.4, 0.5) is 4.39 Å². The standard InChI is InChI=1S/C23H26FN3O/c1-16-7-5-12-22-25-15-21(27(16)22)20(17-8-6-9-18(24)13-17)14-23(28)26-19-10-3-2-4-11-19/h5-9,12-13,15,19-20H,2-4,10-11,14H2,1H3,(H,26,28). The van der Waals surface area contributed by atoms with Crippen molar-refractivity contribution in [2.24, 2.45) is 0 Å². The molecule has 0 saturated heterocycles. The van der Waals surface area contributed by atoms with E-state index >= 15 is 0 Å². The van der Waals surface area contributed by atoms with Crippen molar-refractivity contribution in [3.8, 4) is 0 Å². The monoisotopic (exact) mass is 379 g/mol. The number of aromatic nitrogens is 2. The van der Waals surface area contributed by atoms with E-state index in [1.54, 1.807) is 6.07 Å². The lowest BCUT2D eigenvalue weighted by Gasteiger charge is -2.24. The number of nitrogens with one attached hydrogen (secondary N) is 1. The number of rotatable bonds is 5. The van der Waals surface area contributed by atoms with Gasteiger partial charge in [-0.25, -0.2) is 9.37 Å². The third kappa shape index (κ3) is 3.93. The molecule has 146 valence electrons. The first-order chi connectivity index (χ1) is 13.6. The molecular weight excluding hydrogens is 353 g/mol. The predicted molar refractivity (Wildman–Crippen MR) is 108 cm³/mol. The van der Waals surface area contributed by atoms with Gasteiger partial charge in [0, 0.05) is 30.3 Å². The fourth-order valence-electron chi connectivity index (χ4n) is 4.31. The molecule has 4 nitrogen and oxygen atoms in total. The van der Waals surface area contributed by atoms with Gasteiger partial charge in [0.1, 0.15) is 11.5 Å². The molecule has 1 aromatic carbocycles. The number of halogens is 1. The smallest absolute Gasteiger partial charge is 0.221 e. The van der Waals surface area contributed by atoms with Gasteiger partial charge in [-0.05, 0) is 49.6 Å². The summed E-state index contributed by atoms with van der Waals surface area (Å²) in [5, 5.41) is 3.20. The molecule has 1 amide bonds. The number of benzene rings is 1. The van der Waals surface area contributed by atoms with Crippen molar-refractivity contribution in [3.05, 3.63) is 71.4 Å². The van der Waals surface area contributed by atoms with Crippen LogP contribution < -0.4 is 5.32 Å². The van der Waals surface area contributed by atoms with Crippen molar-refractivity contribution < 1.29 is 9.18 Å². The lowest BCUT2D eigenvalue weighted by molar-refractivity contribution is -0.122. The highest BCUT2D eigenvalue weighted by Gasteiger charge is 2.24. The van der Waals surface area contributed by atoms with Crippen LogP contribution in [0.25, 0.3) is 5.65 Å². The van der Waals surface area contributed by atoms with Crippen LogP contribution in [0.15, 0.2) is 48.7 Å². The van der Waals surface area contributed by atoms with Crippen LogP contribution in [0.2, 0.25) is 0 Å². The highest BCUT2D eigenvalue weighted by atomic mass is 19.1. The van der Waals surface area contributed by atoms with Gasteiger partial charge in [-0.3, -0.25) is 4.79 Å². The van der Waals surface area contributed by atoms with Crippen molar-refractivity contribution in [2.75, 3.05) is 0 Å². The van der Waals surface area contributed by atoms with Gasteiger partial charge in [0.05, 0.1) is 5.69 Å². The Hall–Kier alpha value is -2.69. The van der Waals surface area contributed by atoms with E-state index in [2.05, 4.69) is 14.7 Å². The van der Waals surface area contributed by atoms with Gasteiger partial charge in [-0.15, -0.1) is 0 Å². The minimum absolute atomic E-state index is 0.0182. The van der Waals surface area contributed by atoms with E-state index in [0.29, 0.717) is 0 Å². The van der Waals surface area contributed by atoms with Crippen molar-refractivity contribution in [3.63, 3.8) is 0 Å². The molecule has 1 atom stereocenters. The van der Waals surface area contributed by atoms with Crippen LogP contribution in [-0.2, 0) is 4.79 Å². The summed E-state index contributed by atoms with van der Waals surface area (Å²) in [7, 11) is 0. The highest BCUT2D eigenvalue weighted by Crippen LogP contribution is 2.30. The topological polar surface area (TPSA) is 46.4 Å². The molecule has 3 aromatic rings. The predicted octanol–water partition coefficient (Wildman–Crippen LogP) is 4.75. The van der Waals surface area contributed by atoms with Gasteiger partial charge in [0.2, 0.25) is 5.91 Å². The van der Waals surface area contributed by atoms with Gasteiger partial charge in [-0.1, -0.05) is 37.5 Å². The summed E-state index contributed by atoms with van der Waals surface area (Å²) in [6.45, 7) is 2.02. The van der Waals surface area contributed by atoms with Gasteiger partial charge in [0.15, 0.2) is 0 Å². The number of nitrogens with zero attached hydrogens (tertiary/aromatic N) is 2. The molecule has 1 aliphatic carbocycles. The molecule has 1 fully saturated rings. The number of carbonyl (C=O) groups is 1. The van der Waals surface area contributed by atoms with Gasteiger partial charge >= 0.3 is 0 Å². The summed E-state index contributed by atoms with van der Waals surface area (Å²) in [6, 6.07) is 12.7. The third-order valence-corrected chi connectivity index (χ3v) is 5.72. The first-order valence-corrected chi connectivity index (χ1v) is 10.1. The Kier molecular flexibility index (Phi) is 5.42. The fourth-order valence-corrected chi connectivity index (χ4v) is 4.31. The number of imidazole rings is 1. The number of fused-ring (bicyclic) bond motifs is 1. The van der Waals surface area contributed by atoms with Crippen molar-refractivity contribution in [2.45, 2.75) is 57.4 Å². The molecule has 0 spiro atoms. The van der Waals surface area contributed by atoms with E-state index in [9.17, 15) is 9.18 Å². The lowest BCUT2D eigenvalue weighted by atomic mass is 9.91. The molecule has 28 heavy (non-hydrogen) atoms. The number of amides is 1. The average molecular weight is 379 g/mol. The first kappa shape index (κ1) is 18.7. The van der Waals surface area contributed by atoms with Crippen LogP contribution in [0.3, 0.4) is 0 Å². The second kappa shape index (κ2) is 8.13. The summed E-state index contributed by atoms with van der Waals surface area (Å²) in [4.78, 5) is 17.4. The van der Waals surface area contributed by atoms with Crippen LogP contribution in [0.5, 0.6) is 0 Å². The molecule has 1 N–H and O–H groups in total. The minimum atomic E-state index is -0.291. The van der Waals surface area contributed by atoms with Crippen LogP contribution >= 0.6 is 0 Å². The second-order valence-electron chi connectivity index (χ2n) is 7.76. The maximum Gasteiger partial charge on any atom is 0.221 e. The molecule has 0 aliphatic heterocycles.